The number of amides is 2. The van der Waals surface area contributed by atoms with Crippen molar-refractivity contribution in [2.75, 3.05) is 23.9 Å². The topological polar surface area (TPSA) is 53.5 Å². The SMILES string of the molecule is CN(C)c1ncc(C(F)(F)F)cc1-c1ccc(N2C(=O)c3ccccc3C2=O)cc1. The summed E-state index contributed by atoms with van der Waals surface area (Å²) >= 11 is 0. The molecule has 30 heavy (non-hydrogen) atoms. The lowest BCUT2D eigenvalue weighted by Crippen LogP contribution is -2.29. The Bertz CT molecular complexity index is 1120. The highest BCUT2D eigenvalue weighted by Crippen LogP contribution is 2.37. The van der Waals surface area contributed by atoms with Crippen LogP contribution in [-0.4, -0.2) is 30.9 Å². The second-order valence-corrected chi connectivity index (χ2v) is 7.03. The van der Waals surface area contributed by atoms with E-state index in [0.29, 0.717) is 33.8 Å². The number of nitrogens with zero attached hydrogens (tertiary/aromatic N) is 3. The zero-order valence-corrected chi connectivity index (χ0v) is 16.1. The zero-order valence-electron chi connectivity index (χ0n) is 16.1. The minimum Gasteiger partial charge on any atom is -0.362 e. The summed E-state index contributed by atoms with van der Waals surface area (Å²) in [5.74, 6) is -0.493. The lowest BCUT2D eigenvalue weighted by Gasteiger charge is -2.19. The molecule has 0 atom stereocenters. The lowest BCUT2D eigenvalue weighted by atomic mass is 10.0. The van der Waals surface area contributed by atoms with Crippen LogP contribution in [0.1, 0.15) is 26.3 Å². The van der Waals surface area contributed by atoms with E-state index >= 15 is 0 Å². The molecular weight excluding hydrogens is 395 g/mol. The van der Waals surface area contributed by atoms with Crippen molar-refractivity contribution in [1.29, 1.82) is 0 Å². The van der Waals surface area contributed by atoms with E-state index in [1.807, 2.05) is 0 Å². The average Bonchev–Trinajstić information content (AvgIpc) is 2.98. The van der Waals surface area contributed by atoms with E-state index in [9.17, 15) is 22.8 Å². The van der Waals surface area contributed by atoms with Crippen LogP contribution in [0.25, 0.3) is 11.1 Å². The first-order chi connectivity index (χ1) is 14.2. The molecule has 0 saturated carbocycles. The maximum Gasteiger partial charge on any atom is 0.417 e. The number of aromatic nitrogens is 1. The van der Waals surface area contributed by atoms with Crippen molar-refractivity contribution in [2.24, 2.45) is 0 Å². The molecule has 2 heterocycles. The number of hydrogen-bond acceptors (Lipinski definition) is 4. The van der Waals surface area contributed by atoms with E-state index in [-0.39, 0.29) is 0 Å². The summed E-state index contributed by atoms with van der Waals surface area (Å²) in [6, 6.07) is 13.8. The largest absolute Gasteiger partial charge is 0.417 e. The fraction of sp³-hybridized carbons (Fsp3) is 0.136. The van der Waals surface area contributed by atoms with Gasteiger partial charge in [-0.05, 0) is 35.9 Å². The second kappa shape index (κ2) is 6.98. The summed E-state index contributed by atoms with van der Waals surface area (Å²) in [5, 5.41) is 0. The summed E-state index contributed by atoms with van der Waals surface area (Å²) in [7, 11) is 3.37. The standard InChI is InChI=1S/C22H16F3N3O2/c1-27(2)19-18(11-14(12-26-19)22(23,24)25)13-7-9-15(10-8-13)28-20(29)16-5-3-4-6-17(16)21(28)30/h3-12H,1-2H3. The third-order valence-corrected chi connectivity index (χ3v) is 4.85. The minimum atomic E-state index is -4.52. The molecule has 0 bridgehead atoms. The lowest BCUT2D eigenvalue weighted by molar-refractivity contribution is -0.137. The molecule has 0 saturated heterocycles. The number of pyridine rings is 1. The Labute approximate surface area is 170 Å². The third-order valence-electron chi connectivity index (χ3n) is 4.85. The number of carbonyl (C=O) groups excluding carboxylic acids is 2. The predicted octanol–water partition coefficient (Wildman–Crippen LogP) is 4.63. The Kier molecular flexibility index (Phi) is 4.57. The molecule has 2 amide bonds. The molecule has 0 radical (unpaired) electrons. The van der Waals surface area contributed by atoms with E-state index in [0.717, 1.165) is 17.2 Å². The van der Waals surface area contributed by atoms with E-state index < -0.39 is 23.6 Å². The van der Waals surface area contributed by atoms with Gasteiger partial charge in [-0.3, -0.25) is 9.59 Å². The van der Waals surface area contributed by atoms with Gasteiger partial charge in [0.25, 0.3) is 11.8 Å². The van der Waals surface area contributed by atoms with E-state index in [2.05, 4.69) is 4.98 Å². The van der Waals surface area contributed by atoms with Crippen LogP contribution in [0.4, 0.5) is 24.7 Å². The van der Waals surface area contributed by atoms with E-state index in [1.54, 1.807) is 55.4 Å². The van der Waals surface area contributed by atoms with Gasteiger partial charge < -0.3 is 4.90 Å². The maximum atomic E-state index is 13.2. The molecule has 1 aliphatic heterocycles. The van der Waals surface area contributed by atoms with Crippen molar-refractivity contribution in [1.82, 2.24) is 4.98 Å². The van der Waals surface area contributed by atoms with Gasteiger partial charge in [-0.25, -0.2) is 9.88 Å². The van der Waals surface area contributed by atoms with Crippen LogP contribution in [0.5, 0.6) is 0 Å². The first-order valence-corrected chi connectivity index (χ1v) is 9.01. The molecule has 152 valence electrons. The number of halogens is 3. The average molecular weight is 411 g/mol. The Morgan fingerprint density at radius 2 is 1.43 bits per heavy atom. The smallest absolute Gasteiger partial charge is 0.362 e. The van der Waals surface area contributed by atoms with Crippen molar-refractivity contribution < 1.29 is 22.8 Å². The number of fused-ring (bicyclic) bond motifs is 1. The number of alkyl halides is 3. The Balaban J connectivity index is 1.73. The Morgan fingerprint density at radius 1 is 0.867 bits per heavy atom. The highest BCUT2D eigenvalue weighted by atomic mass is 19.4. The van der Waals surface area contributed by atoms with Gasteiger partial charge in [0, 0.05) is 25.9 Å². The van der Waals surface area contributed by atoms with Crippen LogP contribution in [-0.2, 0) is 6.18 Å². The maximum absolute atomic E-state index is 13.2. The number of hydrogen-bond donors (Lipinski definition) is 0. The summed E-state index contributed by atoms with van der Waals surface area (Å²) in [6.45, 7) is 0. The van der Waals surface area contributed by atoms with Crippen LogP contribution in [0.15, 0.2) is 60.8 Å². The molecular formula is C22H16F3N3O2. The minimum absolute atomic E-state index is 0.295. The monoisotopic (exact) mass is 411 g/mol. The summed E-state index contributed by atoms with van der Waals surface area (Å²) < 4.78 is 39.5. The van der Waals surface area contributed by atoms with Crippen LogP contribution in [0.2, 0.25) is 0 Å². The fourth-order valence-electron chi connectivity index (χ4n) is 3.40. The highest BCUT2D eigenvalue weighted by molar-refractivity contribution is 6.34. The number of carbonyl (C=O) groups is 2. The van der Waals surface area contributed by atoms with Crippen molar-refractivity contribution in [3.8, 4) is 11.1 Å². The van der Waals surface area contributed by atoms with Crippen molar-refractivity contribution >= 4 is 23.3 Å². The van der Waals surface area contributed by atoms with Crippen LogP contribution in [0.3, 0.4) is 0 Å². The molecule has 0 N–H and O–H groups in total. The third kappa shape index (κ3) is 3.20. The van der Waals surface area contributed by atoms with Gasteiger partial charge >= 0.3 is 6.18 Å². The summed E-state index contributed by atoms with van der Waals surface area (Å²) in [4.78, 5) is 31.9. The number of benzene rings is 2. The predicted molar refractivity (Wildman–Crippen MR) is 107 cm³/mol. The first kappa shape index (κ1) is 19.6. The number of anilines is 2. The molecule has 5 nitrogen and oxygen atoms in total. The summed E-state index contributed by atoms with van der Waals surface area (Å²) in [5.41, 5.74) is 0.914. The van der Waals surface area contributed by atoms with Crippen LogP contribution < -0.4 is 9.80 Å². The van der Waals surface area contributed by atoms with Gasteiger partial charge in [0.1, 0.15) is 5.82 Å². The van der Waals surface area contributed by atoms with E-state index in [1.165, 1.54) is 12.1 Å². The van der Waals surface area contributed by atoms with Gasteiger partial charge in [-0.1, -0.05) is 24.3 Å². The molecule has 0 aliphatic carbocycles. The molecule has 1 aliphatic rings. The highest BCUT2D eigenvalue weighted by Gasteiger charge is 2.36. The normalized spacial score (nSPS) is 13.6. The molecule has 4 rings (SSSR count). The molecule has 1 aromatic heterocycles. The zero-order chi connectivity index (χ0) is 21.6. The molecule has 0 spiro atoms. The van der Waals surface area contributed by atoms with Crippen LogP contribution >= 0.6 is 0 Å². The summed E-state index contributed by atoms with van der Waals surface area (Å²) in [6.07, 6.45) is -3.72. The first-order valence-electron chi connectivity index (χ1n) is 9.01. The Morgan fingerprint density at radius 3 is 1.93 bits per heavy atom. The van der Waals surface area contributed by atoms with Crippen molar-refractivity contribution in [3.63, 3.8) is 0 Å². The van der Waals surface area contributed by atoms with Gasteiger partial charge in [-0.2, -0.15) is 13.2 Å². The van der Waals surface area contributed by atoms with Crippen molar-refractivity contribution in [2.45, 2.75) is 6.18 Å². The molecule has 0 unspecified atom stereocenters. The van der Waals surface area contributed by atoms with Crippen LogP contribution in [0, 0.1) is 0 Å². The van der Waals surface area contributed by atoms with Crippen molar-refractivity contribution in [3.05, 3.63) is 77.5 Å². The van der Waals surface area contributed by atoms with E-state index in [4.69, 9.17) is 0 Å². The molecule has 3 aromatic rings. The Hall–Kier alpha value is -3.68. The molecule has 8 heteroatoms. The number of rotatable bonds is 3. The second-order valence-electron chi connectivity index (χ2n) is 7.03. The number of imide groups is 1. The molecule has 2 aromatic carbocycles. The van der Waals surface area contributed by atoms with Gasteiger partial charge in [0.05, 0.1) is 22.4 Å². The fourth-order valence-corrected chi connectivity index (χ4v) is 3.40. The quantitative estimate of drug-likeness (QED) is 0.590. The van der Waals surface area contributed by atoms with Gasteiger partial charge in [0.15, 0.2) is 0 Å². The molecule has 0 fully saturated rings. The van der Waals surface area contributed by atoms with Gasteiger partial charge in [0.2, 0.25) is 0 Å². The van der Waals surface area contributed by atoms with Gasteiger partial charge in [-0.15, -0.1) is 0 Å².